The molecule has 1 atom stereocenters. The fourth-order valence-corrected chi connectivity index (χ4v) is 3.89. The number of likely N-dealkylation sites (tertiary alicyclic amines) is 1. The van der Waals surface area contributed by atoms with Crippen LogP contribution in [0, 0.1) is 5.92 Å². The normalized spacial score (nSPS) is 20.9. The van der Waals surface area contributed by atoms with Gasteiger partial charge in [0.2, 0.25) is 10.0 Å². The molecule has 1 aliphatic heterocycles. The molecule has 0 aromatic carbocycles. The third kappa shape index (κ3) is 2.97. The number of aromatic nitrogens is 2. The van der Waals surface area contributed by atoms with Crippen LogP contribution < -0.4 is 5.73 Å². The van der Waals surface area contributed by atoms with E-state index in [4.69, 9.17) is 5.73 Å². The first-order chi connectivity index (χ1) is 9.34. The lowest BCUT2D eigenvalue weighted by atomic mass is 10.1. The van der Waals surface area contributed by atoms with Gasteiger partial charge in [-0.25, -0.2) is 12.7 Å². The third-order valence-electron chi connectivity index (χ3n) is 3.77. The Labute approximate surface area is 120 Å². The van der Waals surface area contributed by atoms with Crippen LogP contribution in [0.4, 0.5) is 5.82 Å². The van der Waals surface area contributed by atoms with Crippen molar-refractivity contribution in [1.29, 1.82) is 0 Å². The fourth-order valence-electron chi connectivity index (χ4n) is 2.58. The van der Waals surface area contributed by atoms with E-state index in [1.165, 1.54) is 10.5 Å². The van der Waals surface area contributed by atoms with Gasteiger partial charge in [0.1, 0.15) is 4.90 Å². The zero-order valence-corrected chi connectivity index (χ0v) is 13.1. The number of nitrogen functional groups attached to an aromatic ring is 1. The summed E-state index contributed by atoms with van der Waals surface area (Å²) < 4.78 is 28.0. The third-order valence-corrected chi connectivity index (χ3v) is 5.61. The first-order valence-electron chi connectivity index (χ1n) is 6.82. The van der Waals surface area contributed by atoms with Gasteiger partial charge in [0.25, 0.3) is 0 Å². The Morgan fingerprint density at radius 2 is 2.25 bits per heavy atom. The van der Waals surface area contributed by atoms with Gasteiger partial charge in [-0.15, -0.1) is 0 Å². The maximum Gasteiger partial charge on any atom is 0.248 e. The van der Waals surface area contributed by atoms with Crippen LogP contribution in [0.25, 0.3) is 0 Å². The molecule has 0 spiro atoms. The van der Waals surface area contributed by atoms with E-state index >= 15 is 0 Å². The van der Waals surface area contributed by atoms with E-state index in [0.29, 0.717) is 19.0 Å². The summed E-state index contributed by atoms with van der Waals surface area (Å²) in [4.78, 5) is 2.32. The molecule has 0 aliphatic carbocycles. The van der Waals surface area contributed by atoms with Crippen LogP contribution >= 0.6 is 0 Å². The van der Waals surface area contributed by atoms with Crippen LogP contribution in [-0.4, -0.2) is 61.1 Å². The standard InChI is InChI=1S/C12H23N5O2S/c1-4-17-9-11(12(13)14-17)20(18,19)16(3)8-10-5-6-15(2)7-10/h9-10H,4-8H2,1-3H3,(H2,13,14). The van der Waals surface area contributed by atoms with Gasteiger partial charge in [-0.05, 0) is 32.9 Å². The van der Waals surface area contributed by atoms with Gasteiger partial charge < -0.3 is 10.6 Å². The summed E-state index contributed by atoms with van der Waals surface area (Å²) in [5.74, 6) is 0.449. The number of hydrogen-bond donors (Lipinski definition) is 1. The highest BCUT2D eigenvalue weighted by molar-refractivity contribution is 7.89. The highest BCUT2D eigenvalue weighted by Crippen LogP contribution is 2.23. The molecule has 0 amide bonds. The minimum absolute atomic E-state index is 0.0715. The molecule has 0 radical (unpaired) electrons. The number of nitrogens with two attached hydrogens (primary N) is 1. The zero-order chi connectivity index (χ0) is 14.9. The molecule has 2 heterocycles. The van der Waals surface area contributed by atoms with Crippen molar-refractivity contribution in [3.05, 3.63) is 6.20 Å². The summed E-state index contributed by atoms with van der Waals surface area (Å²) in [6.45, 7) is 4.96. The van der Waals surface area contributed by atoms with Crippen LogP contribution in [0.2, 0.25) is 0 Å². The highest BCUT2D eigenvalue weighted by Gasteiger charge is 2.29. The number of anilines is 1. The highest BCUT2D eigenvalue weighted by atomic mass is 32.2. The Kier molecular flexibility index (Phi) is 4.36. The van der Waals surface area contributed by atoms with Crippen molar-refractivity contribution in [1.82, 2.24) is 19.0 Å². The van der Waals surface area contributed by atoms with Crippen molar-refractivity contribution in [2.24, 2.45) is 5.92 Å². The molecule has 0 saturated carbocycles. The van der Waals surface area contributed by atoms with Crippen LogP contribution in [0.5, 0.6) is 0 Å². The molecular formula is C12H23N5O2S. The number of aryl methyl sites for hydroxylation is 1. The number of sulfonamides is 1. The van der Waals surface area contributed by atoms with Crippen molar-refractivity contribution < 1.29 is 8.42 Å². The molecule has 1 saturated heterocycles. The molecule has 1 unspecified atom stereocenters. The first-order valence-corrected chi connectivity index (χ1v) is 8.26. The second kappa shape index (κ2) is 5.71. The zero-order valence-electron chi connectivity index (χ0n) is 12.3. The average Bonchev–Trinajstić information content (AvgIpc) is 2.95. The predicted octanol–water partition coefficient (Wildman–Crippen LogP) is 0.0574. The molecular weight excluding hydrogens is 278 g/mol. The van der Waals surface area contributed by atoms with E-state index in [1.807, 2.05) is 6.92 Å². The van der Waals surface area contributed by atoms with E-state index in [9.17, 15) is 8.42 Å². The Morgan fingerprint density at radius 3 is 2.75 bits per heavy atom. The molecule has 1 fully saturated rings. The van der Waals surface area contributed by atoms with Gasteiger partial charge in [0.05, 0.1) is 0 Å². The van der Waals surface area contributed by atoms with Crippen molar-refractivity contribution in [2.75, 3.05) is 39.5 Å². The van der Waals surface area contributed by atoms with Crippen molar-refractivity contribution >= 4 is 15.8 Å². The lowest BCUT2D eigenvalue weighted by molar-refractivity contribution is 0.357. The van der Waals surface area contributed by atoms with E-state index in [0.717, 1.165) is 19.5 Å². The Hall–Kier alpha value is -1.12. The minimum atomic E-state index is -3.56. The van der Waals surface area contributed by atoms with Crippen LogP contribution in [-0.2, 0) is 16.6 Å². The molecule has 7 nitrogen and oxygen atoms in total. The topological polar surface area (TPSA) is 84.5 Å². The molecule has 0 bridgehead atoms. The van der Waals surface area contributed by atoms with Gasteiger partial charge in [-0.1, -0.05) is 0 Å². The van der Waals surface area contributed by atoms with E-state index in [2.05, 4.69) is 17.0 Å². The number of rotatable bonds is 5. The lowest BCUT2D eigenvalue weighted by Gasteiger charge is -2.20. The predicted molar refractivity (Wildman–Crippen MR) is 77.7 cm³/mol. The lowest BCUT2D eigenvalue weighted by Crippen LogP contribution is -2.33. The first kappa shape index (κ1) is 15.3. The molecule has 8 heteroatoms. The molecule has 2 rings (SSSR count). The molecule has 1 aliphatic rings. The van der Waals surface area contributed by atoms with Crippen LogP contribution in [0.3, 0.4) is 0 Å². The quantitative estimate of drug-likeness (QED) is 0.831. The maximum atomic E-state index is 12.5. The van der Waals surface area contributed by atoms with Gasteiger partial charge in [-0.2, -0.15) is 5.10 Å². The second-order valence-electron chi connectivity index (χ2n) is 5.44. The number of nitrogens with zero attached hydrogens (tertiary/aromatic N) is 4. The maximum absolute atomic E-state index is 12.5. The van der Waals surface area contributed by atoms with Crippen molar-refractivity contribution in [3.8, 4) is 0 Å². The number of hydrogen-bond acceptors (Lipinski definition) is 5. The van der Waals surface area contributed by atoms with Crippen molar-refractivity contribution in [2.45, 2.75) is 24.8 Å². The van der Waals surface area contributed by atoms with E-state index < -0.39 is 10.0 Å². The largest absolute Gasteiger partial charge is 0.381 e. The monoisotopic (exact) mass is 301 g/mol. The summed E-state index contributed by atoms with van der Waals surface area (Å²) in [6.07, 6.45) is 2.53. The van der Waals surface area contributed by atoms with E-state index in [1.54, 1.807) is 11.7 Å². The summed E-state index contributed by atoms with van der Waals surface area (Å²) in [6, 6.07) is 0. The van der Waals surface area contributed by atoms with Crippen LogP contribution in [0.15, 0.2) is 11.1 Å². The van der Waals surface area contributed by atoms with Gasteiger partial charge >= 0.3 is 0 Å². The second-order valence-corrected chi connectivity index (χ2v) is 7.45. The molecule has 1 aromatic heterocycles. The van der Waals surface area contributed by atoms with Crippen LogP contribution in [0.1, 0.15) is 13.3 Å². The van der Waals surface area contributed by atoms with Gasteiger partial charge in [-0.3, -0.25) is 4.68 Å². The molecule has 1 aromatic rings. The Balaban J connectivity index is 2.14. The smallest absolute Gasteiger partial charge is 0.248 e. The average molecular weight is 301 g/mol. The van der Waals surface area contributed by atoms with Crippen molar-refractivity contribution in [3.63, 3.8) is 0 Å². The molecule has 2 N–H and O–H groups in total. The summed E-state index contributed by atoms with van der Waals surface area (Å²) in [5, 5.41) is 4.00. The Morgan fingerprint density at radius 1 is 1.55 bits per heavy atom. The van der Waals surface area contributed by atoms with Gasteiger partial charge in [0.15, 0.2) is 5.82 Å². The van der Waals surface area contributed by atoms with E-state index in [-0.39, 0.29) is 10.7 Å². The summed E-state index contributed by atoms with van der Waals surface area (Å²) in [5.41, 5.74) is 5.73. The molecule has 20 heavy (non-hydrogen) atoms. The summed E-state index contributed by atoms with van der Waals surface area (Å²) >= 11 is 0. The fraction of sp³-hybridized carbons (Fsp3) is 0.750. The SMILES string of the molecule is CCn1cc(S(=O)(=O)N(C)CC2CCN(C)C2)c(N)n1. The molecule has 114 valence electrons. The Bertz CT molecular complexity index is 568. The summed E-state index contributed by atoms with van der Waals surface area (Å²) in [7, 11) is 0.103. The minimum Gasteiger partial charge on any atom is -0.381 e. The van der Waals surface area contributed by atoms with Gasteiger partial charge in [0, 0.05) is 32.9 Å².